The van der Waals surface area contributed by atoms with Gasteiger partial charge in [0.1, 0.15) is 18.9 Å². The van der Waals surface area contributed by atoms with E-state index in [0.29, 0.717) is 40.3 Å². The SMILES string of the molecule is COCCOc1cccc(NC(=O)Cn2c(-c3ccc(Cl)cc3)n[nH]c2=S)c1. The van der Waals surface area contributed by atoms with Crippen LogP contribution in [0.1, 0.15) is 0 Å². The molecule has 146 valence electrons. The molecule has 1 amide bonds. The molecule has 0 saturated heterocycles. The zero-order valence-electron chi connectivity index (χ0n) is 15.1. The molecule has 7 nitrogen and oxygen atoms in total. The third kappa shape index (κ3) is 5.19. The molecule has 0 aliphatic heterocycles. The minimum absolute atomic E-state index is 0.0159. The zero-order valence-corrected chi connectivity index (χ0v) is 16.7. The lowest BCUT2D eigenvalue weighted by Gasteiger charge is -2.10. The number of ether oxygens (including phenoxy) is 2. The topological polar surface area (TPSA) is 81.2 Å². The molecule has 0 saturated carbocycles. The van der Waals surface area contributed by atoms with E-state index in [4.69, 9.17) is 33.3 Å². The van der Waals surface area contributed by atoms with Crippen molar-refractivity contribution in [1.82, 2.24) is 14.8 Å². The quantitative estimate of drug-likeness (QED) is 0.428. The number of halogens is 1. The molecule has 28 heavy (non-hydrogen) atoms. The summed E-state index contributed by atoms with van der Waals surface area (Å²) in [5.74, 6) is 0.979. The highest BCUT2D eigenvalue weighted by Gasteiger charge is 2.13. The predicted molar refractivity (Wildman–Crippen MR) is 110 cm³/mol. The van der Waals surface area contributed by atoms with E-state index in [2.05, 4.69) is 15.5 Å². The van der Waals surface area contributed by atoms with Gasteiger partial charge in [-0.15, -0.1) is 0 Å². The van der Waals surface area contributed by atoms with E-state index in [9.17, 15) is 4.79 Å². The monoisotopic (exact) mass is 418 g/mol. The van der Waals surface area contributed by atoms with E-state index in [0.717, 1.165) is 5.56 Å². The Morgan fingerprint density at radius 1 is 1.25 bits per heavy atom. The fourth-order valence-corrected chi connectivity index (χ4v) is 2.86. The molecule has 2 aromatic carbocycles. The number of carbonyl (C=O) groups excluding carboxylic acids is 1. The van der Waals surface area contributed by atoms with Crippen molar-refractivity contribution >= 4 is 35.4 Å². The molecule has 0 unspecified atom stereocenters. The summed E-state index contributed by atoms with van der Waals surface area (Å²) >= 11 is 11.2. The second kappa shape index (κ2) is 9.50. The molecule has 1 heterocycles. The van der Waals surface area contributed by atoms with Crippen LogP contribution in [0.15, 0.2) is 48.5 Å². The molecule has 2 N–H and O–H groups in total. The molecule has 3 rings (SSSR count). The van der Waals surface area contributed by atoms with Crippen molar-refractivity contribution in [3.8, 4) is 17.1 Å². The van der Waals surface area contributed by atoms with Gasteiger partial charge in [0.25, 0.3) is 0 Å². The average Bonchev–Trinajstić information content (AvgIpc) is 3.03. The van der Waals surface area contributed by atoms with E-state index in [-0.39, 0.29) is 12.5 Å². The molecule has 9 heteroatoms. The maximum absolute atomic E-state index is 12.5. The van der Waals surface area contributed by atoms with E-state index in [1.165, 1.54) is 0 Å². The minimum atomic E-state index is -0.234. The molecule has 0 aliphatic carbocycles. The number of rotatable bonds is 8. The third-order valence-electron chi connectivity index (χ3n) is 3.84. The van der Waals surface area contributed by atoms with Gasteiger partial charge in [0, 0.05) is 29.4 Å². The fourth-order valence-electron chi connectivity index (χ4n) is 2.53. The summed E-state index contributed by atoms with van der Waals surface area (Å²) < 4.78 is 12.5. The lowest BCUT2D eigenvalue weighted by Crippen LogP contribution is -2.19. The molecular weight excluding hydrogens is 400 g/mol. The van der Waals surface area contributed by atoms with Gasteiger partial charge in [0.05, 0.1) is 6.61 Å². The lowest BCUT2D eigenvalue weighted by atomic mass is 10.2. The summed E-state index contributed by atoms with van der Waals surface area (Å²) in [6, 6.07) is 14.3. The number of anilines is 1. The Kier molecular flexibility index (Phi) is 6.80. The Morgan fingerprint density at radius 2 is 2.04 bits per heavy atom. The Balaban J connectivity index is 1.70. The number of nitrogens with one attached hydrogen (secondary N) is 2. The van der Waals surface area contributed by atoms with Crippen molar-refractivity contribution < 1.29 is 14.3 Å². The van der Waals surface area contributed by atoms with Gasteiger partial charge in [-0.1, -0.05) is 17.7 Å². The van der Waals surface area contributed by atoms with Crippen molar-refractivity contribution in [2.45, 2.75) is 6.54 Å². The van der Waals surface area contributed by atoms with E-state index in [1.54, 1.807) is 42.0 Å². The van der Waals surface area contributed by atoms with Gasteiger partial charge in [0.15, 0.2) is 10.6 Å². The van der Waals surface area contributed by atoms with Crippen molar-refractivity contribution in [2.24, 2.45) is 0 Å². The number of carbonyl (C=O) groups is 1. The number of hydrogen-bond acceptors (Lipinski definition) is 5. The van der Waals surface area contributed by atoms with Crippen LogP contribution >= 0.6 is 23.8 Å². The second-order valence-corrected chi connectivity index (χ2v) is 6.69. The molecule has 0 fully saturated rings. The summed E-state index contributed by atoms with van der Waals surface area (Å²) in [4.78, 5) is 12.5. The van der Waals surface area contributed by atoms with E-state index >= 15 is 0 Å². The largest absolute Gasteiger partial charge is 0.491 e. The fraction of sp³-hybridized carbons (Fsp3) is 0.211. The second-order valence-electron chi connectivity index (χ2n) is 5.86. The van der Waals surface area contributed by atoms with Gasteiger partial charge in [-0.3, -0.25) is 14.5 Å². The first-order chi connectivity index (χ1) is 13.6. The van der Waals surface area contributed by atoms with Gasteiger partial charge in [-0.25, -0.2) is 0 Å². The summed E-state index contributed by atoms with van der Waals surface area (Å²) in [6.45, 7) is 0.938. The number of H-pyrrole nitrogens is 1. The van der Waals surface area contributed by atoms with Crippen molar-refractivity contribution in [3.63, 3.8) is 0 Å². The average molecular weight is 419 g/mol. The molecule has 0 spiro atoms. The standard InChI is InChI=1S/C19H19ClN4O3S/c1-26-9-10-27-16-4-2-3-15(11-16)21-17(25)12-24-18(22-23-19(24)28)13-5-7-14(20)8-6-13/h2-8,11H,9-10,12H2,1H3,(H,21,25)(H,23,28). The normalized spacial score (nSPS) is 10.6. The van der Waals surface area contributed by atoms with Crippen LogP contribution in [0.2, 0.25) is 5.02 Å². The zero-order chi connectivity index (χ0) is 19.9. The summed E-state index contributed by atoms with van der Waals surface area (Å²) in [7, 11) is 1.61. The van der Waals surface area contributed by atoms with Crippen LogP contribution in [0.25, 0.3) is 11.4 Å². The Morgan fingerprint density at radius 3 is 2.79 bits per heavy atom. The summed E-state index contributed by atoms with van der Waals surface area (Å²) in [5.41, 5.74) is 1.43. The lowest BCUT2D eigenvalue weighted by molar-refractivity contribution is -0.116. The van der Waals surface area contributed by atoms with E-state index < -0.39 is 0 Å². The molecule has 0 aliphatic rings. The predicted octanol–water partition coefficient (Wildman–Crippen LogP) is 3.92. The van der Waals surface area contributed by atoms with Gasteiger partial charge < -0.3 is 14.8 Å². The third-order valence-corrected chi connectivity index (χ3v) is 4.40. The number of amides is 1. The molecule has 0 radical (unpaired) electrons. The van der Waals surface area contributed by atoms with Crippen LogP contribution in [-0.4, -0.2) is 41.0 Å². The first-order valence-corrected chi connectivity index (χ1v) is 9.28. The Bertz CT molecular complexity index is 1000. The molecule has 3 aromatic rings. The molecule has 1 aromatic heterocycles. The maximum Gasteiger partial charge on any atom is 0.244 e. The van der Waals surface area contributed by atoms with Gasteiger partial charge in [-0.05, 0) is 48.6 Å². The van der Waals surface area contributed by atoms with Crippen LogP contribution in [0.5, 0.6) is 5.75 Å². The number of aromatic nitrogens is 3. The van der Waals surface area contributed by atoms with Gasteiger partial charge in [-0.2, -0.15) is 5.10 Å². The summed E-state index contributed by atoms with van der Waals surface area (Å²) in [6.07, 6.45) is 0. The van der Waals surface area contributed by atoms with E-state index in [1.807, 2.05) is 18.2 Å². The minimum Gasteiger partial charge on any atom is -0.491 e. The number of hydrogen-bond donors (Lipinski definition) is 2. The Hall–Kier alpha value is -2.68. The van der Waals surface area contributed by atoms with Crippen molar-refractivity contribution in [2.75, 3.05) is 25.6 Å². The van der Waals surface area contributed by atoms with Gasteiger partial charge >= 0.3 is 0 Å². The highest BCUT2D eigenvalue weighted by Crippen LogP contribution is 2.21. The highest BCUT2D eigenvalue weighted by atomic mass is 35.5. The van der Waals surface area contributed by atoms with Crippen LogP contribution in [0, 0.1) is 4.77 Å². The summed E-state index contributed by atoms with van der Waals surface area (Å²) in [5, 5.41) is 10.4. The Labute approximate surface area is 172 Å². The smallest absolute Gasteiger partial charge is 0.244 e. The number of benzene rings is 2. The maximum atomic E-state index is 12.5. The van der Waals surface area contributed by atoms with Gasteiger partial charge in [0.2, 0.25) is 5.91 Å². The van der Waals surface area contributed by atoms with Crippen LogP contribution in [-0.2, 0) is 16.1 Å². The van der Waals surface area contributed by atoms with Crippen molar-refractivity contribution in [3.05, 3.63) is 58.3 Å². The highest BCUT2D eigenvalue weighted by molar-refractivity contribution is 7.71. The number of nitrogens with zero attached hydrogens (tertiary/aromatic N) is 2. The first kappa shape index (κ1) is 20.1. The molecular formula is C19H19ClN4O3S. The van der Waals surface area contributed by atoms with Crippen LogP contribution in [0.3, 0.4) is 0 Å². The first-order valence-electron chi connectivity index (χ1n) is 8.49. The van der Waals surface area contributed by atoms with Crippen molar-refractivity contribution in [1.29, 1.82) is 0 Å². The molecule has 0 atom stereocenters. The van der Waals surface area contributed by atoms with Crippen LogP contribution in [0.4, 0.5) is 5.69 Å². The number of aromatic amines is 1. The number of methoxy groups -OCH3 is 1. The molecule has 0 bridgehead atoms. The van der Waals surface area contributed by atoms with Crippen LogP contribution < -0.4 is 10.1 Å².